The van der Waals surface area contributed by atoms with Crippen LogP contribution in [0.2, 0.25) is 0 Å². The molecule has 0 aliphatic heterocycles. The predicted molar refractivity (Wildman–Crippen MR) is 66.9 cm³/mol. The number of benzene rings is 1. The number of halogens is 1. The van der Waals surface area contributed by atoms with E-state index in [0.29, 0.717) is 6.04 Å². The van der Waals surface area contributed by atoms with E-state index in [4.69, 9.17) is 5.11 Å². The van der Waals surface area contributed by atoms with E-state index in [2.05, 4.69) is 34.2 Å². The van der Waals surface area contributed by atoms with Crippen molar-refractivity contribution in [1.82, 2.24) is 5.32 Å². The Morgan fingerprint density at radius 2 is 2.07 bits per heavy atom. The summed E-state index contributed by atoms with van der Waals surface area (Å²) in [6, 6.07) is 8.62. The van der Waals surface area contributed by atoms with E-state index in [1.165, 1.54) is 5.56 Å². The normalized spacial score (nSPS) is 14.9. The van der Waals surface area contributed by atoms with Gasteiger partial charge in [0.05, 0.1) is 6.61 Å². The summed E-state index contributed by atoms with van der Waals surface area (Å²) in [5.74, 6) is 0. The van der Waals surface area contributed by atoms with Crippen molar-refractivity contribution in [1.29, 1.82) is 0 Å². The van der Waals surface area contributed by atoms with Gasteiger partial charge in [0.1, 0.15) is 0 Å². The van der Waals surface area contributed by atoms with Crippen LogP contribution in [0.15, 0.2) is 28.7 Å². The van der Waals surface area contributed by atoms with Crippen molar-refractivity contribution in [2.75, 3.05) is 6.61 Å². The van der Waals surface area contributed by atoms with Gasteiger partial charge in [-0.3, -0.25) is 0 Å². The maximum atomic E-state index is 9.02. The standard InChI is InChI=1S/C12H18BrNO/c1-3-12(14-9(2)8-15)10-6-4-5-7-11(10)13/h4-7,9,12,14-15H,3,8H2,1-2H3/t9-,12?/m0/s1. The molecule has 0 fully saturated rings. The molecule has 0 heterocycles. The molecular weight excluding hydrogens is 254 g/mol. The average Bonchev–Trinajstić information content (AvgIpc) is 2.26. The molecule has 1 unspecified atom stereocenters. The molecular formula is C12H18BrNO. The molecule has 0 aliphatic carbocycles. The fourth-order valence-electron chi connectivity index (χ4n) is 1.58. The summed E-state index contributed by atoms with van der Waals surface area (Å²) < 4.78 is 1.12. The second kappa shape index (κ2) is 6.26. The van der Waals surface area contributed by atoms with Gasteiger partial charge in [0.25, 0.3) is 0 Å². The van der Waals surface area contributed by atoms with Crippen molar-refractivity contribution in [2.24, 2.45) is 0 Å². The summed E-state index contributed by atoms with van der Waals surface area (Å²) in [5.41, 5.74) is 1.25. The average molecular weight is 272 g/mol. The zero-order valence-corrected chi connectivity index (χ0v) is 10.8. The molecule has 0 bridgehead atoms. The molecule has 0 aliphatic rings. The first kappa shape index (κ1) is 12.7. The summed E-state index contributed by atoms with van der Waals surface area (Å²) in [4.78, 5) is 0. The fraction of sp³-hybridized carbons (Fsp3) is 0.500. The van der Waals surface area contributed by atoms with Crippen molar-refractivity contribution < 1.29 is 5.11 Å². The second-order valence-electron chi connectivity index (χ2n) is 3.73. The molecule has 1 aromatic carbocycles. The molecule has 2 nitrogen and oxygen atoms in total. The maximum Gasteiger partial charge on any atom is 0.0582 e. The van der Waals surface area contributed by atoms with Crippen LogP contribution in [0, 0.1) is 0 Å². The Hall–Kier alpha value is -0.380. The van der Waals surface area contributed by atoms with Crippen LogP contribution in [-0.2, 0) is 0 Å². The first-order valence-corrected chi connectivity index (χ1v) is 6.09. The lowest BCUT2D eigenvalue weighted by atomic mass is 10.0. The summed E-state index contributed by atoms with van der Waals surface area (Å²) in [6.45, 7) is 4.29. The summed E-state index contributed by atoms with van der Waals surface area (Å²) >= 11 is 3.55. The van der Waals surface area contributed by atoms with Gasteiger partial charge in [-0.25, -0.2) is 0 Å². The number of aliphatic hydroxyl groups excluding tert-OH is 1. The van der Waals surface area contributed by atoms with Crippen LogP contribution in [-0.4, -0.2) is 17.8 Å². The molecule has 0 spiro atoms. The minimum absolute atomic E-state index is 0.127. The maximum absolute atomic E-state index is 9.02. The third-order valence-electron chi connectivity index (χ3n) is 2.45. The van der Waals surface area contributed by atoms with Crippen molar-refractivity contribution in [3.8, 4) is 0 Å². The van der Waals surface area contributed by atoms with Gasteiger partial charge in [-0.1, -0.05) is 41.1 Å². The highest BCUT2D eigenvalue weighted by atomic mass is 79.9. The lowest BCUT2D eigenvalue weighted by Crippen LogP contribution is -2.33. The van der Waals surface area contributed by atoms with Gasteiger partial charge in [-0.15, -0.1) is 0 Å². The Morgan fingerprint density at radius 1 is 1.40 bits per heavy atom. The SMILES string of the molecule is CCC(N[C@@H](C)CO)c1ccccc1Br. The van der Waals surface area contributed by atoms with Crippen molar-refractivity contribution in [2.45, 2.75) is 32.4 Å². The van der Waals surface area contributed by atoms with Gasteiger partial charge >= 0.3 is 0 Å². The number of hydrogen-bond acceptors (Lipinski definition) is 2. The Morgan fingerprint density at radius 3 is 2.60 bits per heavy atom. The van der Waals surface area contributed by atoms with E-state index in [1.54, 1.807) is 0 Å². The minimum atomic E-state index is 0.127. The zero-order chi connectivity index (χ0) is 11.3. The number of hydrogen-bond donors (Lipinski definition) is 2. The molecule has 1 aromatic rings. The predicted octanol–water partition coefficient (Wildman–Crippen LogP) is 2.87. The third-order valence-corrected chi connectivity index (χ3v) is 3.17. The van der Waals surface area contributed by atoms with Gasteiger partial charge in [-0.2, -0.15) is 0 Å². The largest absolute Gasteiger partial charge is 0.395 e. The lowest BCUT2D eigenvalue weighted by Gasteiger charge is -2.22. The summed E-state index contributed by atoms with van der Waals surface area (Å²) in [7, 11) is 0. The topological polar surface area (TPSA) is 32.3 Å². The number of nitrogens with one attached hydrogen (secondary N) is 1. The quantitative estimate of drug-likeness (QED) is 0.863. The first-order valence-electron chi connectivity index (χ1n) is 5.30. The van der Waals surface area contributed by atoms with Crippen molar-refractivity contribution >= 4 is 15.9 Å². The van der Waals surface area contributed by atoms with E-state index in [0.717, 1.165) is 10.9 Å². The van der Waals surface area contributed by atoms with Gasteiger partial charge < -0.3 is 10.4 Å². The monoisotopic (exact) mass is 271 g/mol. The number of rotatable bonds is 5. The molecule has 3 heteroatoms. The molecule has 15 heavy (non-hydrogen) atoms. The van der Waals surface area contributed by atoms with Crippen LogP contribution in [0.5, 0.6) is 0 Å². The highest BCUT2D eigenvalue weighted by Gasteiger charge is 2.13. The van der Waals surface area contributed by atoms with Crippen LogP contribution >= 0.6 is 15.9 Å². The van der Waals surface area contributed by atoms with Gasteiger partial charge in [0.2, 0.25) is 0 Å². The molecule has 0 saturated heterocycles. The fourth-order valence-corrected chi connectivity index (χ4v) is 2.14. The molecule has 0 aromatic heterocycles. The van der Waals surface area contributed by atoms with Gasteiger partial charge in [0, 0.05) is 16.6 Å². The summed E-state index contributed by atoms with van der Waals surface area (Å²) in [5, 5.41) is 12.4. The highest BCUT2D eigenvalue weighted by Crippen LogP contribution is 2.25. The second-order valence-corrected chi connectivity index (χ2v) is 4.59. The smallest absolute Gasteiger partial charge is 0.0582 e. The van der Waals surface area contributed by atoms with Crippen LogP contribution in [0.3, 0.4) is 0 Å². The van der Waals surface area contributed by atoms with Crippen LogP contribution in [0.25, 0.3) is 0 Å². The molecule has 0 amide bonds. The van der Waals surface area contributed by atoms with Gasteiger partial charge in [0.15, 0.2) is 0 Å². The van der Waals surface area contributed by atoms with E-state index >= 15 is 0 Å². The van der Waals surface area contributed by atoms with E-state index in [-0.39, 0.29) is 12.6 Å². The Kier molecular flexibility index (Phi) is 5.29. The van der Waals surface area contributed by atoms with Crippen molar-refractivity contribution in [3.05, 3.63) is 34.3 Å². The van der Waals surface area contributed by atoms with Crippen LogP contribution < -0.4 is 5.32 Å². The third kappa shape index (κ3) is 3.59. The Labute approximate surface area is 99.8 Å². The first-order chi connectivity index (χ1) is 7.19. The zero-order valence-electron chi connectivity index (χ0n) is 9.20. The Balaban J connectivity index is 2.78. The molecule has 1 rings (SSSR count). The highest BCUT2D eigenvalue weighted by molar-refractivity contribution is 9.10. The van der Waals surface area contributed by atoms with Crippen LogP contribution in [0.1, 0.15) is 31.9 Å². The van der Waals surface area contributed by atoms with Crippen LogP contribution in [0.4, 0.5) is 0 Å². The lowest BCUT2D eigenvalue weighted by molar-refractivity contribution is 0.239. The summed E-state index contributed by atoms with van der Waals surface area (Å²) in [6.07, 6.45) is 1.01. The van der Waals surface area contributed by atoms with Crippen molar-refractivity contribution in [3.63, 3.8) is 0 Å². The molecule has 2 atom stereocenters. The molecule has 2 N–H and O–H groups in total. The minimum Gasteiger partial charge on any atom is -0.395 e. The van der Waals surface area contributed by atoms with E-state index in [9.17, 15) is 0 Å². The molecule has 0 radical (unpaired) electrons. The molecule has 84 valence electrons. The van der Waals surface area contributed by atoms with Gasteiger partial charge in [-0.05, 0) is 25.0 Å². The number of aliphatic hydroxyl groups is 1. The molecule has 0 saturated carbocycles. The van der Waals surface area contributed by atoms with E-state index < -0.39 is 0 Å². The van der Waals surface area contributed by atoms with E-state index in [1.807, 2.05) is 25.1 Å². The Bertz CT molecular complexity index is 303.